The summed E-state index contributed by atoms with van der Waals surface area (Å²) in [5.74, 6) is 1.58. The van der Waals surface area contributed by atoms with E-state index in [1.165, 1.54) is 43.1 Å². The molecule has 3 rings (SSSR count). The summed E-state index contributed by atoms with van der Waals surface area (Å²) in [5.41, 5.74) is 3.56. The zero-order valence-electron chi connectivity index (χ0n) is 19.3. The van der Waals surface area contributed by atoms with E-state index in [4.69, 9.17) is 11.6 Å². The summed E-state index contributed by atoms with van der Waals surface area (Å²) in [5, 5.41) is 3.24. The molecular formula is C25H36ClNO3S. The molecule has 172 valence electrons. The van der Waals surface area contributed by atoms with Crippen molar-refractivity contribution in [2.45, 2.75) is 64.5 Å². The van der Waals surface area contributed by atoms with Gasteiger partial charge in [0.25, 0.3) is 0 Å². The minimum atomic E-state index is -2.74. The molecule has 1 N–H and O–H groups in total. The Labute approximate surface area is 193 Å². The maximum absolute atomic E-state index is 10.3. The van der Waals surface area contributed by atoms with Crippen molar-refractivity contribution in [3.63, 3.8) is 0 Å². The average molecular weight is 466 g/mol. The molecule has 0 bridgehead atoms. The van der Waals surface area contributed by atoms with Crippen LogP contribution in [0.3, 0.4) is 0 Å². The van der Waals surface area contributed by atoms with Gasteiger partial charge < -0.3 is 5.32 Å². The molecule has 1 aliphatic carbocycles. The lowest BCUT2D eigenvalue weighted by Crippen LogP contribution is -2.10. The summed E-state index contributed by atoms with van der Waals surface area (Å²) >= 11 is 5.61. The number of amides is 1. The van der Waals surface area contributed by atoms with Crippen LogP contribution in [0.15, 0.2) is 48.5 Å². The minimum Gasteiger partial charge on any atom is -0.329 e. The highest BCUT2D eigenvalue weighted by atomic mass is 35.5. The first-order valence-corrected chi connectivity index (χ1v) is 13.1. The fourth-order valence-electron chi connectivity index (χ4n) is 3.39. The van der Waals surface area contributed by atoms with Crippen molar-refractivity contribution in [2.24, 2.45) is 5.92 Å². The summed E-state index contributed by atoms with van der Waals surface area (Å²) < 4.78 is 20.7. The van der Waals surface area contributed by atoms with Gasteiger partial charge in [-0.05, 0) is 75.3 Å². The molecule has 2 atom stereocenters. The predicted octanol–water partition coefficient (Wildman–Crippen LogP) is 6.64. The van der Waals surface area contributed by atoms with Gasteiger partial charge in [0.2, 0.25) is 6.41 Å². The fourth-order valence-corrected chi connectivity index (χ4v) is 3.52. The van der Waals surface area contributed by atoms with Gasteiger partial charge in [0, 0.05) is 17.0 Å². The second-order valence-corrected chi connectivity index (χ2v) is 11.3. The topological polar surface area (TPSA) is 63.2 Å². The Balaban J connectivity index is 0.000000268. The van der Waals surface area contributed by atoms with E-state index in [2.05, 4.69) is 24.4 Å². The molecule has 0 spiro atoms. The molecule has 31 heavy (non-hydrogen) atoms. The zero-order chi connectivity index (χ0) is 23.4. The van der Waals surface area contributed by atoms with Gasteiger partial charge in [0.15, 0.2) is 0 Å². The smallest absolute Gasteiger partial charge is 0.211 e. The molecule has 1 amide bonds. The lowest BCUT2D eigenvalue weighted by molar-refractivity contribution is -0.105. The van der Waals surface area contributed by atoms with Crippen LogP contribution in [0.5, 0.6) is 0 Å². The molecule has 0 radical (unpaired) electrons. The second-order valence-electron chi connectivity index (χ2n) is 8.26. The molecular weight excluding hydrogens is 430 g/mol. The summed E-state index contributed by atoms with van der Waals surface area (Å²) in [6, 6.07) is 16.1. The third-order valence-corrected chi connectivity index (χ3v) is 7.58. The molecule has 1 aliphatic rings. The number of benzene rings is 2. The normalized spacial score (nSPS) is 17.8. The molecule has 2 unspecified atom stereocenters. The number of aryl methyl sites for hydroxylation is 1. The Kier molecular flexibility index (Phi) is 11.9. The van der Waals surface area contributed by atoms with Crippen LogP contribution in [0, 0.1) is 12.8 Å². The van der Waals surface area contributed by atoms with Gasteiger partial charge in [-0.3, -0.25) is 4.79 Å². The second kappa shape index (κ2) is 13.5. The number of hydrogen-bond donors (Lipinski definition) is 1. The van der Waals surface area contributed by atoms with Crippen LogP contribution in [0.25, 0.3) is 0 Å². The van der Waals surface area contributed by atoms with E-state index in [0.717, 1.165) is 29.0 Å². The highest BCUT2D eigenvalue weighted by molar-refractivity contribution is 7.91. The first kappa shape index (κ1) is 27.2. The van der Waals surface area contributed by atoms with E-state index in [9.17, 15) is 13.2 Å². The number of hydrogen-bond acceptors (Lipinski definition) is 3. The third kappa shape index (κ3) is 10.3. The maximum Gasteiger partial charge on any atom is 0.211 e. The standard InChI is InChI=1S/C14H19NO.C7H7Cl.C4H10O2S/c1-2-11-4-3-5-14(11)12-6-8-13(9-7-12)15-10-16;1-6-2-4-7(8)5-3-6;1-4(2)7(3,5)6/h6-11,14H,2-5H2,1H3,(H,15,16);2-5H,1H3;4H,1-3H3. The van der Waals surface area contributed by atoms with Crippen LogP contribution in [0.1, 0.15) is 63.5 Å². The van der Waals surface area contributed by atoms with Gasteiger partial charge in [-0.1, -0.05) is 61.2 Å². The first-order chi connectivity index (χ1) is 14.6. The van der Waals surface area contributed by atoms with Crippen molar-refractivity contribution in [1.82, 2.24) is 0 Å². The van der Waals surface area contributed by atoms with Crippen molar-refractivity contribution in [3.8, 4) is 0 Å². The highest BCUT2D eigenvalue weighted by Gasteiger charge is 2.26. The Morgan fingerprint density at radius 3 is 2.03 bits per heavy atom. The first-order valence-electron chi connectivity index (χ1n) is 10.8. The Morgan fingerprint density at radius 2 is 1.61 bits per heavy atom. The van der Waals surface area contributed by atoms with Crippen LogP contribution in [-0.2, 0) is 14.6 Å². The fraction of sp³-hybridized carbons (Fsp3) is 0.480. The van der Waals surface area contributed by atoms with E-state index in [1.54, 1.807) is 13.8 Å². The minimum absolute atomic E-state index is 0.229. The molecule has 2 aromatic carbocycles. The SMILES string of the molecule is CC(C)S(C)(=O)=O.CCC1CCCC1c1ccc(NC=O)cc1.Cc1ccc(Cl)cc1. The Morgan fingerprint density at radius 1 is 1.06 bits per heavy atom. The third-order valence-electron chi connectivity index (χ3n) is 5.62. The largest absolute Gasteiger partial charge is 0.329 e. The highest BCUT2D eigenvalue weighted by Crippen LogP contribution is 2.41. The molecule has 0 aliphatic heterocycles. The number of anilines is 1. The average Bonchev–Trinajstić information content (AvgIpc) is 3.20. The molecule has 0 saturated heterocycles. The molecule has 2 aromatic rings. The molecule has 0 heterocycles. The van der Waals surface area contributed by atoms with Crippen LogP contribution in [0.4, 0.5) is 5.69 Å². The van der Waals surface area contributed by atoms with Gasteiger partial charge in [0.05, 0.1) is 5.25 Å². The van der Waals surface area contributed by atoms with E-state index in [1.807, 2.05) is 43.3 Å². The number of rotatable bonds is 5. The van der Waals surface area contributed by atoms with Crippen LogP contribution in [0.2, 0.25) is 5.02 Å². The van der Waals surface area contributed by atoms with E-state index >= 15 is 0 Å². The van der Waals surface area contributed by atoms with E-state index in [-0.39, 0.29) is 5.25 Å². The number of sulfone groups is 1. The monoisotopic (exact) mass is 465 g/mol. The Bertz CT molecular complexity index is 857. The lowest BCUT2D eigenvalue weighted by atomic mass is 9.87. The van der Waals surface area contributed by atoms with Crippen molar-refractivity contribution < 1.29 is 13.2 Å². The van der Waals surface area contributed by atoms with E-state index in [0.29, 0.717) is 0 Å². The summed E-state index contributed by atoms with van der Waals surface area (Å²) in [6.07, 6.45) is 7.28. The zero-order valence-corrected chi connectivity index (χ0v) is 20.8. The summed E-state index contributed by atoms with van der Waals surface area (Å²) in [7, 11) is -2.74. The number of nitrogens with one attached hydrogen (secondary N) is 1. The van der Waals surface area contributed by atoms with E-state index < -0.39 is 9.84 Å². The number of carbonyl (C=O) groups excluding carboxylic acids is 1. The van der Waals surface area contributed by atoms with Crippen molar-refractivity contribution in [3.05, 3.63) is 64.7 Å². The molecule has 1 fully saturated rings. The quantitative estimate of drug-likeness (QED) is 0.503. The van der Waals surface area contributed by atoms with Gasteiger partial charge in [-0.25, -0.2) is 8.42 Å². The molecule has 0 aromatic heterocycles. The van der Waals surface area contributed by atoms with Gasteiger partial charge >= 0.3 is 0 Å². The van der Waals surface area contributed by atoms with Crippen LogP contribution in [-0.4, -0.2) is 26.3 Å². The number of halogens is 1. The van der Waals surface area contributed by atoms with Crippen LogP contribution < -0.4 is 5.32 Å². The van der Waals surface area contributed by atoms with Crippen molar-refractivity contribution in [1.29, 1.82) is 0 Å². The van der Waals surface area contributed by atoms with Crippen molar-refractivity contribution in [2.75, 3.05) is 11.6 Å². The predicted molar refractivity (Wildman–Crippen MR) is 133 cm³/mol. The van der Waals surface area contributed by atoms with Crippen molar-refractivity contribution >= 4 is 33.5 Å². The van der Waals surface area contributed by atoms with Gasteiger partial charge in [0.1, 0.15) is 9.84 Å². The number of carbonyl (C=O) groups is 1. The molecule has 1 saturated carbocycles. The Hall–Kier alpha value is -1.85. The summed E-state index contributed by atoms with van der Waals surface area (Å²) in [4.78, 5) is 10.3. The lowest BCUT2D eigenvalue weighted by Gasteiger charge is -2.18. The molecule has 4 nitrogen and oxygen atoms in total. The van der Waals surface area contributed by atoms with Gasteiger partial charge in [-0.15, -0.1) is 0 Å². The van der Waals surface area contributed by atoms with Crippen LogP contribution >= 0.6 is 11.6 Å². The van der Waals surface area contributed by atoms with Gasteiger partial charge in [-0.2, -0.15) is 0 Å². The summed E-state index contributed by atoms with van der Waals surface area (Å²) in [6.45, 7) is 7.65. The maximum atomic E-state index is 10.3. The molecule has 6 heteroatoms.